The maximum Gasteiger partial charge on any atom is 0.162 e. The highest BCUT2D eigenvalue weighted by Gasteiger charge is 2.02. The monoisotopic (exact) mass is 196 g/mol. The molecule has 0 bridgehead atoms. The van der Waals surface area contributed by atoms with Gasteiger partial charge in [-0.15, -0.1) is 10.2 Å². The Kier molecular flexibility index (Phi) is 2.16. The molecule has 0 saturated carbocycles. The molecule has 2 aromatic rings. The lowest BCUT2D eigenvalue weighted by Gasteiger charge is -1.99. The van der Waals surface area contributed by atoms with Crippen molar-refractivity contribution < 1.29 is 0 Å². The number of aromatic nitrogens is 3. The number of hydrogen-bond donors (Lipinski definition) is 1. The topological polar surface area (TPSA) is 56.7 Å². The second-order valence-corrected chi connectivity index (χ2v) is 3.13. The van der Waals surface area contributed by atoms with Crippen LogP contribution >= 0.6 is 11.6 Å². The Bertz CT molecular complexity index is 423. The Morgan fingerprint density at radius 1 is 1.46 bits per heavy atom. The maximum absolute atomic E-state index is 5.70. The highest BCUT2D eigenvalue weighted by Crippen LogP contribution is 2.15. The molecule has 0 fully saturated rings. The first-order valence-corrected chi connectivity index (χ1v) is 4.37. The van der Waals surface area contributed by atoms with Gasteiger partial charge in [0.2, 0.25) is 0 Å². The van der Waals surface area contributed by atoms with Gasteiger partial charge in [0, 0.05) is 24.7 Å². The average Bonchev–Trinajstić information content (AvgIpc) is 2.49. The molecule has 0 aliphatic heterocycles. The summed E-state index contributed by atoms with van der Waals surface area (Å²) in [5.74, 6) is 0. The first-order valence-electron chi connectivity index (χ1n) is 3.99. The molecule has 68 valence electrons. The number of fused-ring (bicyclic) bond motifs is 1. The van der Waals surface area contributed by atoms with Crippen molar-refractivity contribution in [2.75, 3.05) is 6.54 Å². The second kappa shape index (κ2) is 3.32. The Labute approximate surface area is 80.3 Å². The third-order valence-corrected chi connectivity index (χ3v) is 2.03. The molecule has 2 heterocycles. The van der Waals surface area contributed by atoms with Crippen molar-refractivity contribution in [2.24, 2.45) is 5.73 Å². The minimum atomic E-state index is 0.415. The number of hydrogen-bond acceptors (Lipinski definition) is 3. The summed E-state index contributed by atoms with van der Waals surface area (Å²) in [5.41, 5.74) is 6.27. The van der Waals surface area contributed by atoms with Crippen molar-refractivity contribution in [3.8, 4) is 0 Å². The van der Waals surface area contributed by atoms with Crippen LogP contribution < -0.4 is 5.73 Å². The van der Waals surface area contributed by atoms with E-state index >= 15 is 0 Å². The largest absolute Gasteiger partial charge is 0.330 e. The van der Waals surface area contributed by atoms with E-state index in [9.17, 15) is 0 Å². The lowest BCUT2D eigenvalue weighted by Crippen LogP contribution is -2.09. The van der Waals surface area contributed by atoms with E-state index in [2.05, 4.69) is 10.2 Å². The van der Waals surface area contributed by atoms with Crippen molar-refractivity contribution in [1.82, 2.24) is 14.8 Å². The van der Waals surface area contributed by atoms with E-state index < -0.39 is 0 Å². The van der Waals surface area contributed by atoms with E-state index in [4.69, 9.17) is 17.3 Å². The fraction of sp³-hybridized carbons (Fsp3) is 0.250. The molecule has 0 radical (unpaired) electrons. The molecule has 13 heavy (non-hydrogen) atoms. The van der Waals surface area contributed by atoms with Crippen LogP contribution in [0.5, 0.6) is 0 Å². The van der Waals surface area contributed by atoms with Gasteiger partial charge in [-0.1, -0.05) is 11.6 Å². The summed E-state index contributed by atoms with van der Waals surface area (Å²) in [7, 11) is 0. The second-order valence-electron chi connectivity index (χ2n) is 2.74. The molecule has 2 aromatic heterocycles. The van der Waals surface area contributed by atoms with Crippen molar-refractivity contribution in [3.63, 3.8) is 0 Å². The summed E-state index contributed by atoms with van der Waals surface area (Å²) in [6.45, 7) is 1.34. The van der Waals surface area contributed by atoms with Crippen molar-refractivity contribution >= 4 is 22.6 Å². The van der Waals surface area contributed by atoms with Gasteiger partial charge >= 0.3 is 0 Å². The molecule has 5 heteroatoms. The molecule has 0 spiro atoms. The van der Waals surface area contributed by atoms with E-state index in [1.165, 1.54) is 0 Å². The molecule has 0 aliphatic rings. The zero-order chi connectivity index (χ0) is 9.26. The third-order valence-electron chi connectivity index (χ3n) is 1.85. The van der Waals surface area contributed by atoms with Gasteiger partial charge in [0.25, 0.3) is 0 Å². The summed E-state index contributed by atoms with van der Waals surface area (Å²) in [4.78, 5) is 0. The lowest BCUT2D eigenvalue weighted by atomic mass is 10.4. The Morgan fingerprint density at radius 3 is 3.08 bits per heavy atom. The van der Waals surface area contributed by atoms with Crippen LogP contribution in [0.25, 0.3) is 11.0 Å². The predicted molar refractivity (Wildman–Crippen MR) is 51.6 cm³/mol. The molecule has 0 aliphatic carbocycles. The predicted octanol–water partition coefficient (Wildman–Crippen LogP) is 1.04. The molecule has 2 rings (SSSR count). The third kappa shape index (κ3) is 1.50. The minimum Gasteiger partial charge on any atom is -0.330 e. The van der Waals surface area contributed by atoms with Crippen LogP contribution in [0, 0.1) is 0 Å². The molecule has 0 atom stereocenters. The van der Waals surface area contributed by atoms with Gasteiger partial charge < -0.3 is 10.3 Å². The maximum atomic E-state index is 5.70. The summed E-state index contributed by atoms with van der Waals surface area (Å²) in [5, 5.41) is 9.17. The van der Waals surface area contributed by atoms with Crippen LogP contribution in [0.3, 0.4) is 0 Å². The van der Waals surface area contributed by atoms with E-state index in [0.717, 1.165) is 17.6 Å². The smallest absolute Gasteiger partial charge is 0.162 e. The van der Waals surface area contributed by atoms with Crippen molar-refractivity contribution in [1.29, 1.82) is 0 Å². The summed E-state index contributed by atoms with van der Waals surface area (Å²) < 4.78 is 1.96. The summed E-state index contributed by atoms with van der Waals surface area (Å²) >= 11 is 5.70. The normalized spacial score (nSPS) is 10.9. The Balaban J connectivity index is 2.55. The molecule has 0 aromatic carbocycles. The molecular weight excluding hydrogens is 188 g/mol. The highest BCUT2D eigenvalue weighted by molar-refractivity contribution is 6.29. The molecule has 2 N–H and O–H groups in total. The standard InChI is InChI=1S/C8H9ClN4/c9-7-5-6-1-3-13(4-2-10)8(6)12-11-7/h1,3,5H,2,4,10H2. The fourth-order valence-electron chi connectivity index (χ4n) is 1.28. The van der Waals surface area contributed by atoms with Crippen LogP contribution in [0.2, 0.25) is 5.15 Å². The van der Waals surface area contributed by atoms with Gasteiger partial charge in [-0.3, -0.25) is 0 Å². The van der Waals surface area contributed by atoms with E-state index in [0.29, 0.717) is 11.7 Å². The van der Waals surface area contributed by atoms with Crippen molar-refractivity contribution in [2.45, 2.75) is 6.54 Å². The van der Waals surface area contributed by atoms with E-state index in [1.54, 1.807) is 6.07 Å². The number of nitrogens with two attached hydrogens (primary N) is 1. The van der Waals surface area contributed by atoms with Crippen LogP contribution in [0.15, 0.2) is 18.3 Å². The lowest BCUT2D eigenvalue weighted by molar-refractivity contribution is 0.723. The zero-order valence-corrected chi connectivity index (χ0v) is 7.70. The molecule has 0 saturated heterocycles. The van der Waals surface area contributed by atoms with Crippen LogP contribution in [-0.4, -0.2) is 21.3 Å². The molecule has 0 unspecified atom stereocenters. The van der Waals surface area contributed by atoms with Gasteiger partial charge in [0.1, 0.15) is 0 Å². The highest BCUT2D eigenvalue weighted by atomic mass is 35.5. The summed E-state index contributed by atoms with van der Waals surface area (Å²) in [6.07, 6.45) is 1.93. The molecule has 0 amide bonds. The molecule has 4 nitrogen and oxygen atoms in total. The van der Waals surface area contributed by atoms with Gasteiger partial charge in [0.15, 0.2) is 10.8 Å². The van der Waals surface area contributed by atoms with Gasteiger partial charge in [-0.25, -0.2) is 0 Å². The van der Waals surface area contributed by atoms with E-state index in [1.807, 2.05) is 16.8 Å². The quantitative estimate of drug-likeness (QED) is 0.781. The van der Waals surface area contributed by atoms with E-state index in [-0.39, 0.29) is 0 Å². The fourth-order valence-corrected chi connectivity index (χ4v) is 1.44. The summed E-state index contributed by atoms with van der Waals surface area (Å²) in [6, 6.07) is 3.74. The Hall–Kier alpha value is -1.13. The average molecular weight is 197 g/mol. The number of halogens is 1. The Morgan fingerprint density at radius 2 is 2.31 bits per heavy atom. The van der Waals surface area contributed by atoms with Crippen LogP contribution in [-0.2, 0) is 6.54 Å². The molecular formula is C8H9ClN4. The first kappa shape index (κ1) is 8.47. The minimum absolute atomic E-state index is 0.415. The number of nitrogens with zero attached hydrogens (tertiary/aromatic N) is 3. The SMILES string of the molecule is NCCn1ccc2cc(Cl)nnc21. The first-order chi connectivity index (χ1) is 6.31. The van der Waals surface area contributed by atoms with Crippen molar-refractivity contribution in [3.05, 3.63) is 23.5 Å². The van der Waals surface area contributed by atoms with Gasteiger partial charge in [-0.05, 0) is 12.1 Å². The number of rotatable bonds is 2. The zero-order valence-electron chi connectivity index (χ0n) is 6.94. The van der Waals surface area contributed by atoms with Crippen LogP contribution in [0.1, 0.15) is 0 Å². The van der Waals surface area contributed by atoms with Gasteiger partial charge in [-0.2, -0.15) is 0 Å². The van der Waals surface area contributed by atoms with Gasteiger partial charge in [0.05, 0.1) is 0 Å². The van der Waals surface area contributed by atoms with Crippen LogP contribution in [0.4, 0.5) is 0 Å².